The van der Waals surface area contributed by atoms with Crippen LogP contribution in [0.2, 0.25) is 0 Å². The number of nitrogens with zero attached hydrogens (tertiary/aromatic N) is 4. The van der Waals surface area contributed by atoms with Crippen molar-refractivity contribution >= 4 is 27.7 Å². The summed E-state index contributed by atoms with van der Waals surface area (Å²) in [5.41, 5.74) is 5.12. The van der Waals surface area contributed by atoms with E-state index in [9.17, 15) is 18.0 Å². The summed E-state index contributed by atoms with van der Waals surface area (Å²) in [5.74, 6) is -1.07. The number of aromatic nitrogens is 2. The molecule has 27 heavy (non-hydrogen) atoms. The summed E-state index contributed by atoms with van der Waals surface area (Å²) in [6.45, 7) is 1.40. The largest absolute Gasteiger partial charge is 0.436 e. The van der Waals surface area contributed by atoms with Crippen LogP contribution in [0.25, 0.3) is 0 Å². The van der Waals surface area contributed by atoms with Gasteiger partial charge in [0.1, 0.15) is 4.60 Å². The zero-order valence-electron chi connectivity index (χ0n) is 14.4. The van der Waals surface area contributed by atoms with Crippen LogP contribution in [0.4, 0.5) is 19.0 Å². The predicted molar refractivity (Wildman–Crippen MR) is 96.9 cm³/mol. The maximum atomic E-state index is 12.9. The molecule has 1 aliphatic rings. The molecule has 6 nitrogen and oxygen atoms in total. The van der Waals surface area contributed by atoms with Crippen molar-refractivity contribution in [3.05, 3.63) is 51.9 Å². The molecular formula is C17H17BrF3N5O. The van der Waals surface area contributed by atoms with Crippen LogP contribution in [0.15, 0.2) is 34.9 Å². The molecule has 0 aliphatic carbocycles. The molecule has 1 saturated heterocycles. The number of nitrogens with two attached hydrogens (primary N) is 1. The fourth-order valence-electron chi connectivity index (χ4n) is 3.01. The Balaban J connectivity index is 1.87. The van der Waals surface area contributed by atoms with Crippen LogP contribution >= 0.6 is 15.9 Å². The van der Waals surface area contributed by atoms with Crippen molar-refractivity contribution in [3.63, 3.8) is 0 Å². The number of rotatable bonds is 2. The lowest BCUT2D eigenvalue weighted by molar-refractivity contribution is -0.142. The van der Waals surface area contributed by atoms with Gasteiger partial charge in [-0.05, 0) is 28.5 Å². The summed E-state index contributed by atoms with van der Waals surface area (Å²) in [7, 11) is 1.96. The maximum absolute atomic E-state index is 12.9. The third kappa shape index (κ3) is 4.06. The van der Waals surface area contributed by atoms with Gasteiger partial charge in [0, 0.05) is 19.6 Å². The number of carbonyl (C=O) groups excluding carboxylic acids is 1. The van der Waals surface area contributed by atoms with Crippen molar-refractivity contribution in [1.82, 2.24) is 19.8 Å². The third-order valence-corrected chi connectivity index (χ3v) is 5.02. The van der Waals surface area contributed by atoms with E-state index in [1.807, 2.05) is 37.4 Å². The minimum Gasteiger partial charge on any atom is -0.382 e. The predicted octanol–water partition coefficient (Wildman–Crippen LogP) is 2.97. The number of nitrogen functional groups attached to an aromatic ring is 1. The summed E-state index contributed by atoms with van der Waals surface area (Å²) in [6.07, 6.45) is -4.71. The van der Waals surface area contributed by atoms with Crippen LogP contribution in [0.3, 0.4) is 0 Å². The average molecular weight is 444 g/mol. The molecule has 1 aliphatic heterocycles. The van der Waals surface area contributed by atoms with Gasteiger partial charge in [0.15, 0.2) is 17.2 Å². The van der Waals surface area contributed by atoms with E-state index in [-0.39, 0.29) is 11.7 Å². The van der Waals surface area contributed by atoms with Crippen LogP contribution in [-0.4, -0.2) is 52.4 Å². The smallest absolute Gasteiger partial charge is 0.382 e. The van der Waals surface area contributed by atoms with Crippen molar-refractivity contribution in [2.75, 3.05) is 32.4 Å². The molecule has 0 radical (unpaired) electrons. The van der Waals surface area contributed by atoms with Gasteiger partial charge < -0.3 is 10.6 Å². The summed E-state index contributed by atoms with van der Waals surface area (Å²) < 4.78 is 38.2. The van der Waals surface area contributed by atoms with Crippen molar-refractivity contribution in [2.45, 2.75) is 12.2 Å². The molecule has 1 atom stereocenters. The van der Waals surface area contributed by atoms with Gasteiger partial charge in [-0.25, -0.2) is 9.97 Å². The maximum Gasteiger partial charge on any atom is 0.436 e. The third-order valence-electron chi connectivity index (χ3n) is 4.47. The van der Waals surface area contributed by atoms with Gasteiger partial charge in [-0.15, -0.1) is 0 Å². The highest BCUT2D eigenvalue weighted by molar-refractivity contribution is 9.10. The lowest BCUT2D eigenvalue weighted by Gasteiger charge is -2.39. The molecule has 2 aromatic rings. The number of anilines is 1. The van der Waals surface area contributed by atoms with Crippen molar-refractivity contribution < 1.29 is 18.0 Å². The molecule has 3 rings (SSSR count). The van der Waals surface area contributed by atoms with Crippen LogP contribution in [0.1, 0.15) is 27.8 Å². The van der Waals surface area contributed by atoms with E-state index >= 15 is 0 Å². The molecule has 144 valence electrons. The molecule has 1 unspecified atom stereocenters. The lowest BCUT2D eigenvalue weighted by atomic mass is 10.0. The number of likely N-dealkylation sites (N-methyl/N-ethyl adjacent to an activating group) is 1. The SMILES string of the molecule is CN1CCN(C(=O)c2nc(Br)c(C(F)(F)F)nc2N)CC1c1ccccc1. The van der Waals surface area contributed by atoms with E-state index in [1.165, 1.54) is 4.90 Å². The molecule has 1 aromatic carbocycles. The van der Waals surface area contributed by atoms with Gasteiger partial charge in [0.05, 0.1) is 6.04 Å². The highest BCUT2D eigenvalue weighted by Gasteiger charge is 2.38. The Morgan fingerprint density at radius 2 is 1.89 bits per heavy atom. The minimum atomic E-state index is -4.71. The Labute approximate surface area is 162 Å². The van der Waals surface area contributed by atoms with E-state index in [1.54, 1.807) is 0 Å². The fourth-order valence-corrected chi connectivity index (χ4v) is 3.50. The zero-order valence-corrected chi connectivity index (χ0v) is 16.0. The molecule has 1 amide bonds. The second-order valence-corrected chi connectivity index (χ2v) is 7.00. The zero-order chi connectivity index (χ0) is 19.8. The Bertz CT molecular complexity index is 846. The number of halogens is 4. The van der Waals surface area contributed by atoms with E-state index < -0.39 is 28.2 Å². The van der Waals surface area contributed by atoms with E-state index in [0.29, 0.717) is 19.6 Å². The molecule has 1 aromatic heterocycles. The fraction of sp³-hybridized carbons (Fsp3) is 0.353. The molecule has 2 heterocycles. The molecule has 1 fully saturated rings. The second kappa shape index (κ2) is 7.43. The number of hydrogen-bond donors (Lipinski definition) is 1. The summed E-state index contributed by atoms with van der Waals surface area (Å²) in [5, 5.41) is 0. The Hall–Kier alpha value is -2.20. The van der Waals surface area contributed by atoms with Gasteiger partial charge in [0.25, 0.3) is 5.91 Å². The molecule has 10 heteroatoms. The average Bonchev–Trinajstić information content (AvgIpc) is 2.63. The number of amides is 1. The first-order valence-electron chi connectivity index (χ1n) is 8.13. The van der Waals surface area contributed by atoms with Gasteiger partial charge in [-0.3, -0.25) is 9.69 Å². The Morgan fingerprint density at radius 3 is 2.52 bits per heavy atom. The van der Waals surface area contributed by atoms with Crippen molar-refractivity contribution in [2.24, 2.45) is 0 Å². The normalized spacial score (nSPS) is 18.6. The van der Waals surface area contributed by atoms with Gasteiger partial charge in [0.2, 0.25) is 0 Å². The van der Waals surface area contributed by atoms with Crippen LogP contribution in [-0.2, 0) is 6.18 Å². The molecule has 0 saturated carbocycles. The first-order valence-corrected chi connectivity index (χ1v) is 8.92. The Morgan fingerprint density at radius 1 is 1.22 bits per heavy atom. The van der Waals surface area contributed by atoms with Crippen LogP contribution in [0, 0.1) is 0 Å². The summed E-state index contributed by atoms with van der Waals surface area (Å²) >= 11 is 2.74. The quantitative estimate of drug-likeness (QED) is 0.771. The lowest BCUT2D eigenvalue weighted by Crippen LogP contribution is -2.49. The van der Waals surface area contributed by atoms with E-state index in [2.05, 4.69) is 30.8 Å². The van der Waals surface area contributed by atoms with Crippen molar-refractivity contribution in [1.29, 1.82) is 0 Å². The summed E-state index contributed by atoms with van der Waals surface area (Å²) in [6, 6.07) is 9.65. The van der Waals surface area contributed by atoms with Gasteiger partial charge in [-0.1, -0.05) is 30.3 Å². The van der Waals surface area contributed by atoms with Gasteiger partial charge >= 0.3 is 6.18 Å². The summed E-state index contributed by atoms with van der Waals surface area (Å²) in [4.78, 5) is 23.6. The molecular weight excluding hydrogens is 427 g/mol. The van der Waals surface area contributed by atoms with E-state index in [4.69, 9.17) is 5.73 Å². The Kier molecular flexibility index (Phi) is 5.38. The second-order valence-electron chi connectivity index (χ2n) is 6.25. The molecule has 0 spiro atoms. The van der Waals surface area contributed by atoms with Crippen molar-refractivity contribution in [3.8, 4) is 0 Å². The first-order chi connectivity index (χ1) is 12.7. The topological polar surface area (TPSA) is 75.3 Å². The van der Waals surface area contributed by atoms with Gasteiger partial charge in [-0.2, -0.15) is 13.2 Å². The number of carbonyl (C=O) groups is 1. The number of alkyl halides is 3. The first kappa shape index (κ1) is 19.6. The molecule has 0 bridgehead atoms. The minimum absolute atomic E-state index is 0.0315. The number of piperazine rings is 1. The monoisotopic (exact) mass is 443 g/mol. The number of benzene rings is 1. The highest BCUT2D eigenvalue weighted by Crippen LogP contribution is 2.34. The standard InChI is InChI=1S/C17H17BrF3N5O/c1-25-7-8-26(9-11(25)10-5-3-2-4-6-10)16(27)12-15(22)24-13(14(18)23-12)17(19,20)21/h2-6,11H,7-9H2,1H3,(H2,22,24). The van der Waals surface area contributed by atoms with Crippen LogP contribution in [0.5, 0.6) is 0 Å². The van der Waals surface area contributed by atoms with E-state index in [0.717, 1.165) is 5.56 Å². The molecule has 2 N–H and O–H groups in total. The van der Waals surface area contributed by atoms with Crippen LogP contribution < -0.4 is 5.73 Å². The highest BCUT2D eigenvalue weighted by atomic mass is 79.9. The number of hydrogen-bond acceptors (Lipinski definition) is 5.